The fraction of sp³-hybridized carbons (Fsp3) is 0.133. The molecular weight excluding hydrogens is 274 g/mol. The van der Waals surface area contributed by atoms with E-state index in [1.54, 1.807) is 6.20 Å². The third-order valence-electron chi connectivity index (χ3n) is 2.70. The molecule has 0 aliphatic carbocycles. The van der Waals surface area contributed by atoms with Crippen molar-refractivity contribution in [2.75, 3.05) is 0 Å². The molecule has 0 aliphatic rings. The maximum Gasteiger partial charge on any atom is 0.339 e. The standard InChI is InChI=1S/C15H13NO3S/c1-9-7-11(5-6-16-9)14-4-3-12(20-14)8-13(10(2)17)15(18)19/h3-8H,1-2H3,(H,18,19). The van der Waals surface area contributed by atoms with E-state index in [-0.39, 0.29) is 5.57 Å². The first-order valence-corrected chi connectivity index (χ1v) is 6.78. The highest BCUT2D eigenvalue weighted by Crippen LogP contribution is 2.29. The number of aromatic nitrogens is 1. The molecule has 4 nitrogen and oxygen atoms in total. The summed E-state index contributed by atoms with van der Waals surface area (Å²) in [7, 11) is 0. The van der Waals surface area contributed by atoms with E-state index in [1.165, 1.54) is 24.3 Å². The maximum atomic E-state index is 11.3. The molecule has 0 atom stereocenters. The quantitative estimate of drug-likeness (QED) is 0.533. The SMILES string of the molecule is CC(=O)C(=Cc1ccc(-c2ccnc(C)c2)s1)C(=O)O. The normalized spacial score (nSPS) is 11.4. The Morgan fingerprint density at radius 1 is 1.30 bits per heavy atom. The number of rotatable bonds is 4. The van der Waals surface area contributed by atoms with Gasteiger partial charge in [0.25, 0.3) is 0 Å². The molecule has 0 aromatic carbocycles. The fourth-order valence-corrected chi connectivity index (χ4v) is 2.69. The Morgan fingerprint density at radius 2 is 2.05 bits per heavy atom. The monoisotopic (exact) mass is 287 g/mol. The van der Waals surface area contributed by atoms with Gasteiger partial charge in [0.05, 0.1) is 0 Å². The summed E-state index contributed by atoms with van der Waals surface area (Å²) in [5.74, 6) is -1.65. The zero-order valence-electron chi connectivity index (χ0n) is 11.1. The number of ketones is 1. The molecule has 0 bridgehead atoms. The largest absolute Gasteiger partial charge is 0.478 e. The lowest BCUT2D eigenvalue weighted by atomic mass is 10.1. The average Bonchev–Trinajstić information content (AvgIpc) is 2.83. The minimum Gasteiger partial charge on any atom is -0.478 e. The lowest BCUT2D eigenvalue weighted by Crippen LogP contribution is -2.08. The van der Waals surface area contributed by atoms with E-state index in [9.17, 15) is 9.59 Å². The summed E-state index contributed by atoms with van der Waals surface area (Å²) in [6.07, 6.45) is 3.14. The highest BCUT2D eigenvalue weighted by molar-refractivity contribution is 7.16. The predicted molar refractivity (Wildman–Crippen MR) is 78.6 cm³/mol. The number of thiophene rings is 1. The molecule has 0 aliphatic heterocycles. The van der Waals surface area contributed by atoms with Gasteiger partial charge in [-0.2, -0.15) is 0 Å². The van der Waals surface area contributed by atoms with Crippen LogP contribution in [0.1, 0.15) is 17.5 Å². The molecule has 0 saturated carbocycles. The van der Waals surface area contributed by atoms with E-state index in [4.69, 9.17) is 5.11 Å². The van der Waals surface area contributed by atoms with E-state index in [0.717, 1.165) is 21.0 Å². The smallest absolute Gasteiger partial charge is 0.339 e. The van der Waals surface area contributed by atoms with Gasteiger partial charge in [-0.1, -0.05) is 0 Å². The Hall–Kier alpha value is -2.27. The fourth-order valence-electron chi connectivity index (χ4n) is 1.74. The van der Waals surface area contributed by atoms with Gasteiger partial charge in [-0.3, -0.25) is 9.78 Å². The number of pyridine rings is 1. The summed E-state index contributed by atoms with van der Waals surface area (Å²) in [6, 6.07) is 7.57. The Kier molecular flexibility index (Phi) is 4.10. The van der Waals surface area contributed by atoms with Crippen LogP contribution >= 0.6 is 11.3 Å². The second kappa shape index (κ2) is 5.79. The van der Waals surface area contributed by atoms with Crippen LogP contribution < -0.4 is 0 Å². The number of carboxylic acids is 1. The molecule has 102 valence electrons. The average molecular weight is 287 g/mol. The molecule has 5 heteroatoms. The molecule has 2 aromatic rings. The maximum absolute atomic E-state index is 11.3. The minimum absolute atomic E-state index is 0.204. The van der Waals surface area contributed by atoms with E-state index in [1.807, 2.05) is 31.2 Å². The topological polar surface area (TPSA) is 67.3 Å². The molecule has 0 spiro atoms. The van der Waals surface area contributed by atoms with Gasteiger partial charge in [-0.05, 0) is 49.8 Å². The van der Waals surface area contributed by atoms with Crippen LogP contribution in [0.2, 0.25) is 0 Å². The summed E-state index contributed by atoms with van der Waals surface area (Å²) >= 11 is 1.44. The molecule has 2 rings (SSSR count). The summed E-state index contributed by atoms with van der Waals surface area (Å²) in [5, 5.41) is 8.97. The lowest BCUT2D eigenvalue weighted by Gasteiger charge is -1.98. The third kappa shape index (κ3) is 3.19. The molecule has 0 unspecified atom stereocenters. The van der Waals surface area contributed by atoms with Crippen LogP contribution in [0.5, 0.6) is 0 Å². The number of hydrogen-bond acceptors (Lipinski definition) is 4. The van der Waals surface area contributed by atoms with E-state index in [2.05, 4.69) is 4.98 Å². The predicted octanol–water partition coefficient (Wildman–Crippen LogP) is 3.18. The lowest BCUT2D eigenvalue weighted by molar-refractivity contribution is -0.134. The zero-order valence-corrected chi connectivity index (χ0v) is 11.9. The molecule has 0 amide bonds. The second-order valence-corrected chi connectivity index (χ2v) is 5.42. The van der Waals surface area contributed by atoms with Gasteiger partial charge in [0.15, 0.2) is 5.78 Å². The van der Waals surface area contributed by atoms with Crippen molar-refractivity contribution in [2.45, 2.75) is 13.8 Å². The number of carbonyl (C=O) groups excluding carboxylic acids is 1. The number of nitrogens with zero attached hydrogens (tertiary/aromatic N) is 1. The summed E-state index contributed by atoms with van der Waals surface area (Å²) in [5.41, 5.74) is 1.74. The first-order valence-electron chi connectivity index (χ1n) is 5.96. The molecule has 0 fully saturated rings. The number of Topliss-reactive ketones (excluding diaryl/α,β-unsaturated/α-hetero) is 1. The van der Waals surface area contributed by atoms with Crippen molar-refractivity contribution in [2.24, 2.45) is 0 Å². The Bertz CT molecular complexity index is 685. The van der Waals surface area contributed by atoms with E-state index >= 15 is 0 Å². The number of aryl methyl sites for hydroxylation is 1. The Balaban J connectivity index is 2.36. The molecule has 2 heterocycles. The van der Waals surface area contributed by atoms with Gasteiger partial charge >= 0.3 is 5.97 Å². The Labute approximate surface area is 120 Å². The van der Waals surface area contributed by atoms with Crippen LogP contribution in [0.25, 0.3) is 16.5 Å². The van der Waals surface area contributed by atoms with Crippen molar-refractivity contribution >= 4 is 29.2 Å². The van der Waals surface area contributed by atoms with Crippen molar-refractivity contribution in [1.29, 1.82) is 0 Å². The van der Waals surface area contributed by atoms with Gasteiger partial charge in [0, 0.05) is 21.6 Å². The van der Waals surface area contributed by atoms with Gasteiger partial charge in [0.1, 0.15) is 5.57 Å². The van der Waals surface area contributed by atoms with Crippen molar-refractivity contribution in [3.8, 4) is 10.4 Å². The molecule has 2 aromatic heterocycles. The van der Waals surface area contributed by atoms with Crippen LogP contribution in [0, 0.1) is 6.92 Å². The minimum atomic E-state index is -1.20. The summed E-state index contributed by atoms with van der Waals surface area (Å²) < 4.78 is 0. The van der Waals surface area contributed by atoms with Crippen molar-refractivity contribution < 1.29 is 14.7 Å². The van der Waals surface area contributed by atoms with Crippen molar-refractivity contribution in [3.63, 3.8) is 0 Å². The highest BCUT2D eigenvalue weighted by Gasteiger charge is 2.13. The zero-order chi connectivity index (χ0) is 14.7. The van der Waals surface area contributed by atoms with Gasteiger partial charge in [-0.15, -0.1) is 11.3 Å². The first kappa shape index (κ1) is 14.1. The van der Waals surface area contributed by atoms with Crippen LogP contribution in [0.3, 0.4) is 0 Å². The number of carboxylic acid groups (broad SMARTS) is 1. The van der Waals surface area contributed by atoms with Crippen LogP contribution in [-0.4, -0.2) is 21.8 Å². The van der Waals surface area contributed by atoms with Gasteiger partial charge < -0.3 is 5.11 Å². The molecular formula is C15H13NO3S. The number of aliphatic carboxylic acids is 1. The molecule has 0 saturated heterocycles. The number of carbonyl (C=O) groups is 2. The summed E-state index contributed by atoms with van der Waals surface area (Å²) in [6.45, 7) is 3.16. The van der Waals surface area contributed by atoms with Gasteiger partial charge in [0.2, 0.25) is 0 Å². The molecule has 1 N–H and O–H groups in total. The molecule has 20 heavy (non-hydrogen) atoms. The summed E-state index contributed by atoms with van der Waals surface area (Å²) in [4.78, 5) is 28.1. The van der Waals surface area contributed by atoms with Crippen LogP contribution in [-0.2, 0) is 9.59 Å². The van der Waals surface area contributed by atoms with Crippen LogP contribution in [0.4, 0.5) is 0 Å². The first-order chi connectivity index (χ1) is 9.47. The van der Waals surface area contributed by atoms with Crippen molar-refractivity contribution in [1.82, 2.24) is 4.98 Å². The highest BCUT2D eigenvalue weighted by atomic mass is 32.1. The second-order valence-electron chi connectivity index (χ2n) is 4.31. The van der Waals surface area contributed by atoms with E-state index < -0.39 is 11.8 Å². The van der Waals surface area contributed by atoms with Crippen LogP contribution in [0.15, 0.2) is 36.0 Å². The van der Waals surface area contributed by atoms with Crippen molar-refractivity contribution in [3.05, 3.63) is 46.6 Å². The Morgan fingerprint density at radius 3 is 2.65 bits per heavy atom. The molecule has 0 radical (unpaired) electrons. The van der Waals surface area contributed by atoms with Gasteiger partial charge in [-0.25, -0.2) is 4.79 Å². The number of hydrogen-bond donors (Lipinski definition) is 1. The third-order valence-corrected chi connectivity index (χ3v) is 3.79. The van der Waals surface area contributed by atoms with E-state index in [0.29, 0.717) is 0 Å².